The summed E-state index contributed by atoms with van der Waals surface area (Å²) < 4.78 is 42.4. The highest BCUT2D eigenvalue weighted by Crippen LogP contribution is 2.35. The third-order valence-corrected chi connectivity index (χ3v) is 10.1. The summed E-state index contributed by atoms with van der Waals surface area (Å²) in [4.78, 5) is 0. The Labute approximate surface area is 271 Å². The number of hydrogen-bond acceptors (Lipinski definition) is 8. The molecule has 3 saturated carbocycles. The van der Waals surface area contributed by atoms with Crippen molar-refractivity contribution >= 4 is 0 Å². The summed E-state index contributed by atoms with van der Waals surface area (Å²) in [7, 11) is 8.65. The molecule has 0 aromatic carbocycles. The SMILES string of the molecule is COC(C)OCCC1CCC(C)CC1C.COC1CCC(CCOC(C)OC)CC1.COC1CCC(COC(C)OC)CC1. The minimum atomic E-state index is -0.0739. The van der Waals surface area contributed by atoms with Crippen LogP contribution in [-0.2, 0) is 37.9 Å². The molecule has 0 aliphatic heterocycles. The smallest absolute Gasteiger partial charge is 0.154 e. The number of ether oxygens (including phenoxy) is 8. The van der Waals surface area contributed by atoms with E-state index in [2.05, 4.69) is 13.8 Å². The Bertz CT molecular complexity index is 636. The van der Waals surface area contributed by atoms with E-state index in [-0.39, 0.29) is 18.9 Å². The molecule has 264 valence electrons. The van der Waals surface area contributed by atoms with Gasteiger partial charge in [0.05, 0.1) is 18.8 Å². The fourth-order valence-electron chi connectivity index (χ4n) is 6.61. The molecule has 6 unspecified atom stereocenters. The van der Waals surface area contributed by atoms with Gasteiger partial charge in [0.1, 0.15) is 0 Å². The summed E-state index contributed by atoms with van der Waals surface area (Å²) in [5, 5.41) is 0. The summed E-state index contributed by atoms with van der Waals surface area (Å²) in [5.41, 5.74) is 0. The van der Waals surface area contributed by atoms with Crippen molar-refractivity contribution in [1.82, 2.24) is 0 Å². The van der Waals surface area contributed by atoms with Crippen LogP contribution < -0.4 is 0 Å². The van der Waals surface area contributed by atoms with Gasteiger partial charge in [0.25, 0.3) is 0 Å². The minimum absolute atomic E-state index is 0.0529. The van der Waals surface area contributed by atoms with Crippen LogP contribution in [0.1, 0.15) is 118 Å². The first kappa shape index (κ1) is 41.7. The van der Waals surface area contributed by atoms with Gasteiger partial charge in [0.15, 0.2) is 18.9 Å². The molecule has 0 radical (unpaired) electrons. The molecule has 3 rings (SSSR count). The molecule has 0 spiro atoms. The topological polar surface area (TPSA) is 73.8 Å². The zero-order valence-corrected chi connectivity index (χ0v) is 30.4. The molecule has 3 aliphatic carbocycles. The molecular weight excluding hydrogens is 560 g/mol. The van der Waals surface area contributed by atoms with Crippen molar-refractivity contribution in [3.63, 3.8) is 0 Å². The maximum absolute atomic E-state index is 5.55. The van der Waals surface area contributed by atoms with Gasteiger partial charge in [-0.2, -0.15) is 0 Å². The summed E-state index contributed by atoms with van der Waals surface area (Å²) in [6.45, 7) is 13.1. The zero-order chi connectivity index (χ0) is 32.7. The van der Waals surface area contributed by atoms with Gasteiger partial charge in [-0.15, -0.1) is 0 Å². The average Bonchev–Trinajstić information content (AvgIpc) is 3.05. The number of methoxy groups -OCH3 is 5. The second kappa shape index (κ2) is 25.7. The van der Waals surface area contributed by atoms with Crippen LogP contribution in [-0.4, -0.2) is 86.4 Å². The van der Waals surface area contributed by atoms with Crippen LogP contribution in [0.25, 0.3) is 0 Å². The van der Waals surface area contributed by atoms with Crippen molar-refractivity contribution < 1.29 is 37.9 Å². The molecule has 0 bridgehead atoms. The van der Waals surface area contributed by atoms with E-state index in [1.54, 1.807) is 28.4 Å². The Kier molecular flexibility index (Phi) is 24.4. The first-order chi connectivity index (χ1) is 21.1. The third-order valence-electron chi connectivity index (χ3n) is 10.1. The van der Waals surface area contributed by atoms with Crippen LogP contribution in [0.5, 0.6) is 0 Å². The van der Waals surface area contributed by atoms with Crippen LogP contribution >= 0.6 is 0 Å². The standard InChI is InChI=1S/C13H26O2.C12H24O3.C11H22O3/c1-10-5-6-13(11(2)9-10)7-8-15-12(3)14-4;1-10(13-2)15-9-8-11-4-6-12(14-3)7-5-11;1-9(12-2)14-8-10-4-6-11(13-3)7-5-10/h10-13H,5-9H2,1-4H3;10-12H,4-9H2,1-3H3;9-11H,4-8H2,1-3H3. The summed E-state index contributed by atoms with van der Waals surface area (Å²) in [6, 6.07) is 0. The lowest BCUT2D eigenvalue weighted by atomic mass is 9.74. The molecule has 44 heavy (non-hydrogen) atoms. The Morgan fingerprint density at radius 2 is 0.977 bits per heavy atom. The van der Waals surface area contributed by atoms with Crippen LogP contribution in [0.2, 0.25) is 0 Å². The van der Waals surface area contributed by atoms with Gasteiger partial charge < -0.3 is 37.9 Å². The zero-order valence-electron chi connectivity index (χ0n) is 30.4. The maximum Gasteiger partial charge on any atom is 0.154 e. The van der Waals surface area contributed by atoms with Crippen LogP contribution in [0.15, 0.2) is 0 Å². The van der Waals surface area contributed by atoms with Crippen molar-refractivity contribution in [2.75, 3.05) is 55.4 Å². The lowest BCUT2D eigenvalue weighted by Gasteiger charge is -2.32. The number of rotatable bonds is 16. The lowest BCUT2D eigenvalue weighted by Crippen LogP contribution is -2.25. The van der Waals surface area contributed by atoms with E-state index in [1.165, 1.54) is 77.0 Å². The Morgan fingerprint density at radius 3 is 1.43 bits per heavy atom. The molecule has 0 saturated heterocycles. The van der Waals surface area contributed by atoms with Gasteiger partial charge in [-0.1, -0.05) is 20.3 Å². The molecule has 0 amide bonds. The van der Waals surface area contributed by atoms with Crippen molar-refractivity contribution in [3.05, 3.63) is 0 Å². The fourth-order valence-corrected chi connectivity index (χ4v) is 6.61. The molecule has 6 atom stereocenters. The molecule has 0 aromatic heterocycles. The van der Waals surface area contributed by atoms with Gasteiger partial charge in [-0.3, -0.25) is 0 Å². The Balaban J connectivity index is 0.000000330. The van der Waals surface area contributed by atoms with Crippen molar-refractivity contribution in [2.45, 2.75) is 149 Å². The predicted molar refractivity (Wildman–Crippen MR) is 178 cm³/mol. The van der Waals surface area contributed by atoms with E-state index in [0.29, 0.717) is 18.1 Å². The Morgan fingerprint density at radius 1 is 0.523 bits per heavy atom. The first-order valence-electron chi connectivity index (χ1n) is 17.6. The van der Waals surface area contributed by atoms with Crippen molar-refractivity contribution in [1.29, 1.82) is 0 Å². The predicted octanol–water partition coefficient (Wildman–Crippen LogP) is 8.25. The van der Waals surface area contributed by atoms with Gasteiger partial charge in [-0.25, -0.2) is 0 Å². The molecule has 0 N–H and O–H groups in total. The van der Waals surface area contributed by atoms with E-state index >= 15 is 0 Å². The highest BCUT2D eigenvalue weighted by Gasteiger charge is 2.25. The van der Waals surface area contributed by atoms with Crippen LogP contribution in [0.4, 0.5) is 0 Å². The van der Waals surface area contributed by atoms with Crippen LogP contribution in [0, 0.1) is 29.6 Å². The van der Waals surface area contributed by atoms with Crippen LogP contribution in [0.3, 0.4) is 0 Å². The van der Waals surface area contributed by atoms with Crippen molar-refractivity contribution in [2.24, 2.45) is 29.6 Å². The molecule has 3 fully saturated rings. The summed E-state index contributed by atoms with van der Waals surface area (Å²) >= 11 is 0. The van der Waals surface area contributed by atoms with Gasteiger partial charge in [0.2, 0.25) is 0 Å². The highest BCUT2D eigenvalue weighted by molar-refractivity contribution is 4.76. The summed E-state index contributed by atoms with van der Waals surface area (Å²) in [5.74, 6) is 4.18. The molecule has 3 aliphatic rings. The minimum Gasteiger partial charge on any atom is -0.381 e. The average molecular weight is 633 g/mol. The normalized spacial score (nSPS) is 31.1. The molecular formula is C36H72O8. The molecule has 0 aromatic rings. The van der Waals surface area contributed by atoms with E-state index in [1.807, 2.05) is 27.9 Å². The van der Waals surface area contributed by atoms with E-state index in [4.69, 9.17) is 37.9 Å². The number of hydrogen-bond donors (Lipinski definition) is 0. The van der Waals surface area contributed by atoms with Crippen molar-refractivity contribution in [3.8, 4) is 0 Å². The van der Waals surface area contributed by atoms with Gasteiger partial charge in [-0.05, 0) is 127 Å². The maximum atomic E-state index is 5.55. The Hall–Kier alpha value is -0.320. The summed E-state index contributed by atoms with van der Waals surface area (Å²) in [6.07, 6.45) is 17.1. The molecule has 8 heteroatoms. The second-order valence-corrected chi connectivity index (χ2v) is 13.5. The monoisotopic (exact) mass is 633 g/mol. The van der Waals surface area contributed by atoms with E-state index in [0.717, 1.165) is 49.9 Å². The lowest BCUT2D eigenvalue weighted by molar-refractivity contribution is -0.124. The second-order valence-electron chi connectivity index (χ2n) is 13.5. The van der Waals surface area contributed by atoms with E-state index < -0.39 is 0 Å². The first-order valence-corrected chi connectivity index (χ1v) is 17.6. The highest BCUT2D eigenvalue weighted by atomic mass is 16.7. The van der Waals surface area contributed by atoms with Gasteiger partial charge in [0, 0.05) is 48.8 Å². The fraction of sp³-hybridized carbons (Fsp3) is 1.00. The molecule has 8 nitrogen and oxygen atoms in total. The largest absolute Gasteiger partial charge is 0.381 e. The van der Waals surface area contributed by atoms with E-state index in [9.17, 15) is 0 Å². The third kappa shape index (κ3) is 19.4. The van der Waals surface area contributed by atoms with Gasteiger partial charge >= 0.3 is 0 Å². The quantitative estimate of drug-likeness (QED) is 0.158. The molecule has 0 heterocycles.